The van der Waals surface area contributed by atoms with Gasteiger partial charge in [0.05, 0.1) is 26.7 Å². The molecule has 0 unspecified atom stereocenters. The van der Waals surface area contributed by atoms with E-state index in [0.717, 1.165) is 11.4 Å². The van der Waals surface area contributed by atoms with E-state index in [9.17, 15) is 0 Å². The van der Waals surface area contributed by atoms with Crippen molar-refractivity contribution >= 4 is 23.0 Å². The summed E-state index contributed by atoms with van der Waals surface area (Å²) in [6, 6.07) is 8.31. The van der Waals surface area contributed by atoms with Gasteiger partial charge in [0, 0.05) is 24.6 Å². The van der Waals surface area contributed by atoms with Crippen LogP contribution in [0.15, 0.2) is 24.3 Å². The zero-order valence-electron chi connectivity index (χ0n) is 12.9. The smallest absolute Gasteiger partial charge is 0.171 e. The van der Waals surface area contributed by atoms with Crippen LogP contribution in [0.1, 0.15) is 26.2 Å². The Morgan fingerprint density at radius 2 is 1.95 bits per heavy atom. The molecule has 1 aliphatic rings. The van der Waals surface area contributed by atoms with Crippen molar-refractivity contribution in [2.75, 3.05) is 32.1 Å². The number of hydrogen-bond donors (Lipinski definition) is 3. The molecule has 3 N–H and O–H groups in total. The average Bonchev–Trinajstić information content (AvgIpc) is 2.50. The van der Waals surface area contributed by atoms with Crippen LogP contribution in [0.3, 0.4) is 0 Å². The normalized spacial score (nSPS) is 21.6. The van der Waals surface area contributed by atoms with E-state index in [2.05, 4.69) is 17.6 Å². The summed E-state index contributed by atoms with van der Waals surface area (Å²) in [4.78, 5) is 1.73. The molecule has 0 aliphatic carbocycles. The summed E-state index contributed by atoms with van der Waals surface area (Å²) in [5, 5.41) is 7.38. The van der Waals surface area contributed by atoms with Gasteiger partial charge < -0.3 is 20.3 Å². The second-order valence-electron chi connectivity index (χ2n) is 5.60. The molecule has 0 saturated carbocycles. The fourth-order valence-corrected chi connectivity index (χ4v) is 3.09. The van der Waals surface area contributed by atoms with Crippen LogP contribution >= 0.6 is 12.2 Å². The van der Waals surface area contributed by atoms with Crippen LogP contribution in [0.4, 0.5) is 5.69 Å². The molecule has 0 bridgehead atoms. The first kappa shape index (κ1) is 16.0. The fraction of sp³-hybridized carbons (Fsp3) is 0.562. The number of ether oxygens (including phenoxy) is 1. The van der Waals surface area contributed by atoms with Crippen molar-refractivity contribution in [3.63, 3.8) is 0 Å². The van der Waals surface area contributed by atoms with Crippen LogP contribution in [0.25, 0.3) is 0 Å². The highest BCUT2D eigenvalue weighted by molar-refractivity contribution is 7.80. The van der Waals surface area contributed by atoms with Crippen LogP contribution in [0.2, 0.25) is 0 Å². The lowest BCUT2D eigenvalue weighted by atomic mass is 10.1. The molecule has 1 aromatic carbocycles. The van der Waals surface area contributed by atoms with Gasteiger partial charge in [0.25, 0.3) is 0 Å². The fourth-order valence-electron chi connectivity index (χ4n) is 2.80. The van der Waals surface area contributed by atoms with E-state index in [4.69, 9.17) is 17.0 Å². The molecule has 0 radical (unpaired) electrons. The standard InChI is InChI=1S/C16H25N3OS/c1-3-10-19-11-8-14(9-12-19)18-16(21)17-13-4-6-15(20-2)7-5-13/h4-7,14H,3,8-12H2,1-2H3,(H2,17,18,21)/p+1. The minimum absolute atomic E-state index is 0.504. The van der Waals surface area contributed by atoms with Gasteiger partial charge in [-0.25, -0.2) is 0 Å². The summed E-state index contributed by atoms with van der Waals surface area (Å²) in [7, 11) is 1.67. The lowest BCUT2D eigenvalue weighted by Gasteiger charge is -2.30. The molecule has 0 amide bonds. The van der Waals surface area contributed by atoms with E-state index in [1.54, 1.807) is 12.0 Å². The number of thiocarbonyl (C=S) groups is 1. The molecule has 21 heavy (non-hydrogen) atoms. The highest BCUT2D eigenvalue weighted by Gasteiger charge is 2.21. The number of methoxy groups -OCH3 is 1. The Kier molecular flexibility index (Phi) is 6.26. The number of piperidine rings is 1. The van der Waals surface area contributed by atoms with Crippen LogP contribution in [0.5, 0.6) is 5.75 Å². The molecule has 5 heteroatoms. The van der Waals surface area contributed by atoms with Crippen molar-refractivity contribution in [2.45, 2.75) is 32.2 Å². The summed E-state index contributed by atoms with van der Waals surface area (Å²) >= 11 is 5.40. The van der Waals surface area contributed by atoms with E-state index >= 15 is 0 Å². The molecule has 4 nitrogen and oxygen atoms in total. The highest BCUT2D eigenvalue weighted by atomic mass is 32.1. The van der Waals surface area contributed by atoms with Gasteiger partial charge >= 0.3 is 0 Å². The van der Waals surface area contributed by atoms with Crippen LogP contribution < -0.4 is 20.3 Å². The third-order valence-corrected chi connectivity index (χ3v) is 4.20. The van der Waals surface area contributed by atoms with Gasteiger partial charge in [-0.1, -0.05) is 6.92 Å². The first-order valence-corrected chi connectivity index (χ1v) is 8.17. The van der Waals surface area contributed by atoms with Gasteiger partial charge in [0.1, 0.15) is 5.75 Å². The molecule has 1 heterocycles. The maximum absolute atomic E-state index is 5.40. The SMILES string of the molecule is CCC[NH+]1CCC(NC(=S)Nc2ccc(OC)cc2)CC1. The van der Waals surface area contributed by atoms with Gasteiger partial charge in [-0.05, 0) is 42.9 Å². The van der Waals surface area contributed by atoms with Gasteiger partial charge in [-0.3, -0.25) is 0 Å². The van der Waals surface area contributed by atoms with Crippen LogP contribution in [-0.2, 0) is 0 Å². The molecule has 1 aromatic rings. The minimum Gasteiger partial charge on any atom is -0.497 e. The molecule has 1 fully saturated rings. The molecular formula is C16H26N3OS+. The Morgan fingerprint density at radius 1 is 1.29 bits per heavy atom. The Hall–Kier alpha value is -1.33. The Bertz CT molecular complexity index is 441. The molecule has 0 aromatic heterocycles. The third kappa shape index (κ3) is 5.17. The van der Waals surface area contributed by atoms with E-state index < -0.39 is 0 Å². The van der Waals surface area contributed by atoms with Crippen molar-refractivity contribution in [2.24, 2.45) is 0 Å². The van der Waals surface area contributed by atoms with Gasteiger partial charge in [-0.15, -0.1) is 0 Å². The third-order valence-electron chi connectivity index (χ3n) is 3.98. The highest BCUT2D eigenvalue weighted by Crippen LogP contribution is 2.15. The van der Waals surface area contributed by atoms with E-state index in [1.807, 2.05) is 24.3 Å². The Balaban J connectivity index is 1.74. The molecule has 2 rings (SSSR count). The molecule has 0 spiro atoms. The van der Waals surface area contributed by atoms with Crippen LogP contribution in [-0.4, -0.2) is 37.9 Å². The zero-order chi connectivity index (χ0) is 15.1. The summed E-state index contributed by atoms with van der Waals surface area (Å²) in [5.41, 5.74) is 0.988. The maximum atomic E-state index is 5.40. The minimum atomic E-state index is 0.504. The lowest BCUT2D eigenvalue weighted by Crippen LogP contribution is -3.13. The largest absolute Gasteiger partial charge is 0.497 e. The second-order valence-corrected chi connectivity index (χ2v) is 6.01. The maximum Gasteiger partial charge on any atom is 0.171 e. The van der Waals surface area contributed by atoms with Crippen molar-refractivity contribution in [3.8, 4) is 5.75 Å². The lowest BCUT2D eigenvalue weighted by molar-refractivity contribution is -0.905. The number of likely N-dealkylation sites (tertiary alicyclic amines) is 1. The van der Waals surface area contributed by atoms with Gasteiger partial charge in [-0.2, -0.15) is 0 Å². The first-order chi connectivity index (χ1) is 10.2. The summed E-state index contributed by atoms with van der Waals surface area (Å²) in [6.45, 7) is 6.04. The van der Waals surface area contributed by atoms with Crippen molar-refractivity contribution in [3.05, 3.63) is 24.3 Å². The quantitative estimate of drug-likeness (QED) is 0.720. The van der Waals surface area contributed by atoms with E-state index in [0.29, 0.717) is 11.2 Å². The summed E-state index contributed by atoms with van der Waals surface area (Å²) < 4.78 is 5.15. The Labute approximate surface area is 132 Å². The predicted molar refractivity (Wildman–Crippen MR) is 91.2 cm³/mol. The molecule has 1 saturated heterocycles. The van der Waals surface area contributed by atoms with Crippen molar-refractivity contribution in [1.82, 2.24) is 5.32 Å². The number of nitrogens with one attached hydrogen (secondary N) is 3. The second kappa shape index (κ2) is 8.20. The number of hydrogen-bond acceptors (Lipinski definition) is 2. The van der Waals surface area contributed by atoms with Crippen LogP contribution in [0, 0.1) is 0 Å². The van der Waals surface area contributed by atoms with Gasteiger partial charge in [0.2, 0.25) is 0 Å². The van der Waals surface area contributed by atoms with Crippen molar-refractivity contribution in [1.29, 1.82) is 0 Å². The number of rotatable bonds is 5. The van der Waals surface area contributed by atoms with E-state index in [1.165, 1.54) is 38.9 Å². The first-order valence-electron chi connectivity index (χ1n) is 7.76. The Morgan fingerprint density at radius 3 is 2.52 bits per heavy atom. The summed E-state index contributed by atoms with van der Waals surface area (Å²) in [6.07, 6.45) is 3.66. The molecule has 116 valence electrons. The molecule has 1 aliphatic heterocycles. The number of quaternary nitrogens is 1. The number of anilines is 1. The zero-order valence-corrected chi connectivity index (χ0v) is 13.8. The monoisotopic (exact) mass is 308 g/mol. The van der Waals surface area contributed by atoms with Gasteiger partial charge in [0.15, 0.2) is 5.11 Å². The average molecular weight is 308 g/mol. The van der Waals surface area contributed by atoms with E-state index in [-0.39, 0.29) is 0 Å². The topological polar surface area (TPSA) is 37.7 Å². The number of benzene rings is 1. The molecular weight excluding hydrogens is 282 g/mol. The van der Waals surface area contributed by atoms with Crippen molar-refractivity contribution < 1.29 is 9.64 Å². The molecule has 0 atom stereocenters. The predicted octanol–water partition coefficient (Wildman–Crippen LogP) is 1.44. The summed E-state index contributed by atoms with van der Waals surface area (Å²) in [5.74, 6) is 0.852.